The van der Waals surface area contributed by atoms with Crippen molar-refractivity contribution in [2.75, 3.05) is 4.90 Å². The third-order valence-electron chi connectivity index (χ3n) is 5.02. The molecular weight excluding hydrogens is 348 g/mol. The van der Waals surface area contributed by atoms with E-state index in [1.54, 1.807) is 4.90 Å². The third-order valence-corrected chi connectivity index (χ3v) is 5.02. The number of hydrogen-bond donors (Lipinski definition) is 1. The van der Waals surface area contributed by atoms with E-state index in [1.165, 1.54) is 0 Å². The summed E-state index contributed by atoms with van der Waals surface area (Å²) in [5.74, 6) is -0.838. The molecule has 2 aromatic rings. The van der Waals surface area contributed by atoms with Gasteiger partial charge in [-0.25, -0.2) is 0 Å². The predicted octanol–water partition coefficient (Wildman–Crippen LogP) is 5.37. The molecule has 1 atom stereocenters. The van der Waals surface area contributed by atoms with E-state index in [2.05, 4.69) is 6.92 Å². The van der Waals surface area contributed by atoms with Gasteiger partial charge in [-0.05, 0) is 44.0 Å². The van der Waals surface area contributed by atoms with E-state index >= 15 is 0 Å². The van der Waals surface area contributed by atoms with Crippen molar-refractivity contribution in [3.8, 4) is 0 Å². The lowest BCUT2D eigenvalue weighted by Gasteiger charge is -2.35. The van der Waals surface area contributed by atoms with Crippen LogP contribution in [0.15, 0.2) is 72.8 Å². The summed E-state index contributed by atoms with van der Waals surface area (Å²) in [6, 6.07) is 18.8. The van der Waals surface area contributed by atoms with E-state index in [-0.39, 0.29) is 5.91 Å². The van der Waals surface area contributed by atoms with Gasteiger partial charge in [0.25, 0.3) is 0 Å². The quantitative estimate of drug-likeness (QED) is 0.343. The minimum Gasteiger partial charge on any atom is -0.369 e. The molecule has 4 heteroatoms. The first-order valence-electron chi connectivity index (χ1n) is 9.92. The molecular formula is C24H30N2O2. The molecule has 0 bridgehead atoms. The zero-order valence-electron chi connectivity index (χ0n) is 16.8. The Labute approximate surface area is 168 Å². The molecule has 148 valence electrons. The monoisotopic (exact) mass is 378 g/mol. The number of carbonyl (C=O) groups excluding carboxylic acids is 2. The number of nitrogens with zero attached hydrogens (tertiary/aromatic N) is 1. The highest BCUT2D eigenvalue weighted by Gasteiger charge is 2.46. The van der Waals surface area contributed by atoms with Crippen molar-refractivity contribution in [3.05, 3.63) is 72.8 Å². The van der Waals surface area contributed by atoms with E-state index in [4.69, 9.17) is 5.73 Å². The normalized spacial score (nSPS) is 13.2. The topological polar surface area (TPSA) is 63.4 Å². The number of primary amides is 1. The highest BCUT2D eigenvalue weighted by atomic mass is 16.2. The van der Waals surface area contributed by atoms with Gasteiger partial charge in [-0.1, -0.05) is 74.7 Å². The van der Waals surface area contributed by atoms with Crippen LogP contribution < -0.4 is 10.6 Å². The highest BCUT2D eigenvalue weighted by Crippen LogP contribution is 2.37. The summed E-state index contributed by atoms with van der Waals surface area (Å²) in [5, 5.41) is 0. The summed E-state index contributed by atoms with van der Waals surface area (Å²) in [6.07, 6.45) is 7.21. The molecule has 2 rings (SSSR count). The summed E-state index contributed by atoms with van der Waals surface area (Å²) in [5.41, 5.74) is 6.04. The van der Waals surface area contributed by atoms with Crippen LogP contribution in [-0.4, -0.2) is 11.8 Å². The largest absolute Gasteiger partial charge is 0.369 e. The number of para-hydroxylation sites is 2. The lowest BCUT2D eigenvalue weighted by Crippen LogP contribution is -2.50. The van der Waals surface area contributed by atoms with Gasteiger partial charge in [0.2, 0.25) is 11.8 Å². The SMILES string of the molecule is C/C=C/CC(CCCCC)(C(N)=O)C(=O)N(c1ccccc1)c1ccccc1. The average Bonchev–Trinajstić information content (AvgIpc) is 2.72. The second kappa shape index (κ2) is 10.5. The summed E-state index contributed by atoms with van der Waals surface area (Å²) in [4.78, 5) is 28.2. The number of rotatable bonds is 10. The molecule has 0 heterocycles. The number of hydrogen-bond acceptors (Lipinski definition) is 2. The average molecular weight is 379 g/mol. The zero-order chi connectivity index (χ0) is 20.4. The van der Waals surface area contributed by atoms with Gasteiger partial charge >= 0.3 is 0 Å². The second-order valence-electron chi connectivity index (χ2n) is 6.99. The van der Waals surface area contributed by atoms with Crippen molar-refractivity contribution >= 4 is 23.2 Å². The Balaban J connectivity index is 2.56. The smallest absolute Gasteiger partial charge is 0.247 e. The standard InChI is InChI=1S/C24H30N2O2/c1-3-5-13-19-24(22(25)27,18-6-4-2)23(28)26(20-14-9-7-10-15-20)21-16-11-8-12-17-21/h4,6-12,14-17H,3,5,13,18-19H2,1-2H3,(H2,25,27)/b6-4+. The van der Waals surface area contributed by atoms with Crippen LogP contribution in [0.4, 0.5) is 11.4 Å². The minimum atomic E-state index is -1.27. The molecule has 0 aliphatic carbocycles. The predicted molar refractivity (Wildman–Crippen MR) is 115 cm³/mol. The lowest BCUT2D eigenvalue weighted by atomic mass is 9.76. The Morgan fingerprint density at radius 3 is 1.93 bits per heavy atom. The molecule has 0 saturated heterocycles. The van der Waals surface area contributed by atoms with Crippen LogP contribution in [0.3, 0.4) is 0 Å². The van der Waals surface area contributed by atoms with Gasteiger partial charge in [0.1, 0.15) is 5.41 Å². The Hall–Kier alpha value is -2.88. The highest BCUT2D eigenvalue weighted by molar-refractivity contribution is 6.14. The fraction of sp³-hybridized carbons (Fsp3) is 0.333. The fourth-order valence-corrected chi connectivity index (χ4v) is 3.37. The number of amides is 2. The molecule has 4 nitrogen and oxygen atoms in total. The second-order valence-corrected chi connectivity index (χ2v) is 6.99. The van der Waals surface area contributed by atoms with Crippen molar-refractivity contribution in [2.24, 2.45) is 11.1 Å². The molecule has 0 spiro atoms. The summed E-state index contributed by atoms with van der Waals surface area (Å²) in [7, 11) is 0. The summed E-state index contributed by atoms with van der Waals surface area (Å²) in [6.45, 7) is 3.98. The molecule has 0 fully saturated rings. The van der Waals surface area contributed by atoms with Crippen molar-refractivity contribution in [1.82, 2.24) is 0 Å². The maximum absolute atomic E-state index is 13.9. The molecule has 0 aliphatic rings. The first-order chi connectivity index (χ1) is 13.6. The first kappa shape index (κ1) is 21.4. The van der Waals surface area contributed by atoms with Crippen LogP contribution in [0, 0.1) is 5.41 Å². The molecule has 28 heavy (non-hydrogen) atoms. The number of unbranched alkanes of at least 4 members (excludes halogenated alkanes) is 2. The van der Waals surface area contributed by atoms with Gasteiger partial charge < -0.3 is 5.73 Å². The lowest BCUT2D eigenvalue weighted by molar-refractivity contribution is -0.140. The molecule has 0 saturated carbocycles. The van der Waals surface area contributed by atoms with Crippen molar-refractivity contribution in [2.45, 2.75) is 46.0 Å². The van der Waals surface area contributed by atoms with Crippen molar-refractivity contribution in [1.29, 1.82) is 0 Å². The van der Waals surface area contributed by atoms with Crippen LogP contribution in [0.1, 0.15) is 46.0 Å². The van der Waals surface area contributed by atoms with Crippen LogP contribution in [0.2, 0.25) is 0 Å². The molecule has 2 amide bonds. The molecule has 2 N–H and O–H groups in total. The summed E-state index contributed by atoms with van der Waals surface area (Å²) < 4.78 is 0. The maximum atomic E-state index is 13.9. The number of carbonyl (C=O) groups is 2. The van der Waals surface area contributed by atoms with Crippen LogP contribution in [0.5, 0.6) is 0 Å². The third kappa shape index (κ3) is 4.89. The zero-order valence-corrected chi connectivity index (χ0v) is 16.8. The Morgan fingerprint density at radius 1 is 0.964 bits per heavy atom. The van der Waals surface area contributed by atoms with E-state index in [0.717, 1.165) is 30.6 Å². The molecule has 0 aliphatic heterocycles. The number of anilines is 2. The van der Waals surface area contributed by atoms with Gasteiger partial charge in [0, 0.05) is 11.4 Å². The van der Waals surface area contributed by atoms with Gasteiger partial charge in [-0.15, -0.1) is 0 Å². The van der Waals surface area contributed by atoms with E-state index in [0.29, 0.717) is 12.8 Å². The van der Waals surface area contributed by atoms with Crippen LogP contribution >= 0.6 is 0 Å². The molecule has 0 aromatic heterocycles. The van der Waals surface area contributed by atoms with Gasteiger partial charge in [-0.2, -0.15) is 0 Å². The van der Waals surface area contributed by atoms with E-state index < -0.39 is 11.3 Å². The van der Waals surface area contributed by atoms with E-state index in [9.17, 15) is 9.59 Å². The Bertz CT molecular complexity index is 747. The van der Waals surface area contributed by atoms with Gasteiger partial charge in [0.05, 0.1) is 0 Å². The van der Waals surface area contributed by atoms with Gasteiger partial charge in [-0.3, -0.25) is 14.5 Å². The number of nitrogens with two attached hydrogens (primary N) is 1. The van der Waals surface area contributed by atoms with Crippen LogP contribution in [0.25, 0.3) is 0 Å². The fourth-order valence-electron chi connectivity index (χ4n) is 3.37. The molecule has 0 radical (unpaired) electrons. The Morgan fingerprint density at radius 2 is 1.50 bits per heavy atom. The number of benzene rings is 2. The summed E-state index contributed by atoms with van der Waals surface area (Å²) >= 11 is 0. The van der Waals surface area contributed by atoms with Crippen LogP contribution in [-0.2, 0) is 9.59 Å². The molecule has 2 aromatic carbocycles. The number of allylic oxidation sites excluding steroid dienone is 2. The minimum absolute atomic E-state index is 0.272. The first-order valence-corrected chi connectivity index (χ1v) is 9.92. The van der Waals surface area contributed by atoms with Crippen molar-refractivity contribution < 1.29 is 9.59 Å². The van der Waals surface area contributed by atoms with E-state index in [1.807, 2.05) is 79.7 Å². The van der Waals surface area contributed by atoms with Crippen molar-refractivity contribution in [3.63, 3.8) is 0 Å². The van der Waals surface area contributed by atoms with Gasteiger partial charge in [0.15, 0.2) is 0 Å². The molecule has 1 unspecified atom stereocenters. The maximum Gasteiger partial charge on any atom is 0.247 e. The Kier molecular flexibility index (Phi) is 8.00.